The molecule has 0 aromatic rings. The highest BCUT2D eigenvalue weighted by molar-refractivity contribution is 5.91. The summed E-state index contributed by atoms with van der Waals surface area (Å²) in [5, 5.41) is 0. The summed E-state index contributed by atoms with van der Waals surface area (Å²) in [5.74, 6) is 0.123. The van der Waals surface area contributed by atoms with E-state index in [9.17, 15) is 9.59 Å². The Morgan fingerprint density at radius 2 is 1.63 bits per heavy atom. The van der Waals surface area contributed by atoms with Gasteiger partial charge in [-0.1, -0.05) is 20.8 Å². The first-order valence-corrected chi connectivity index (χ1v) is 7.06. The largest absolute Gasteiger partial charge is 0.444 e. The summed E-state index contributed by atoms with van der Waals surface area (Å²) in [7, 11) is 0. The molecule has 1 rings (SSSR count). The standard InChI is InChI=1S/C15H27NO3/c1-14(2,3)12(17)11-9-7-8-10-16(11)13(18)19-15(4,5)6/h11H,7-10H2,1-6H3. The first kappa shape index (κ1) is 16.0. The van der Waals surface area contributed by atoms with Gasteiger partial charge in [0.05, 0.1) is 6.04 Å². The van der Waals surface area contributed by atoms with Crippen molar-refractivity contribution >= 4 is 11.9 Å². The van der Waals surface area contributed by atoms with Crippen molar-refractivity contribution in [1.82, 2.24) is 4.90 Å². The number of likely N-dealkylation sites (tertiary alicyclic amines) is 1. The quantitative estimate of drug-likeness (QED) is 0.733. The zero-order chi connectivity index (χ0) is 14.8. The van der Waals surface area contributed by atoms with Crippen molar-refractivity contribution in [3.05, 3.63) is 0 Å². The molecule has 1 atom stereocenters. The molecule has 0 saturated carbocycles. The Balaban J connectivity index is 2.84. The van der Waals surface area contributed by atoms with Crippen molar-refractivity contribution in [3.8, 4) is 0 Å². The van der Waals surface area contributed by atoms with Gasteiger partial charge in [-0.05, 0) is 40.0 Å². The lowest BCUT2D eigenvalue weighted by molar-refractivity contribution is -0.133. The first-order chi connectivity index (χ1) is 8.52. The maximum Gasteiger partial charge on any atom is 0.410 e. The second kappa shape index (κ2) is 5.51. The summed E-state index contributed by atoms with van der Waals surface area (Å²) in [6, 6.07) is -0.330. The molecule has 1 fully saturated rings. The molecule has 110 valence electrons. The Labute approximate surface area is 116 Å². The van der Waals surface area contributed by atoms with Crippen molar-refractivity contribution in [1.29, 1.82) is 0 Å². The number of ether oxygens (including phenoxy) is 1. The molecular weight excluding hydrogens is 242 g/mol. The average molecular weight is 269 g/mol. The van der Waals surface area contributed by atoms with Gasteiger partial charge in [-0.15, -0.1) is 0 Å². The average Bonchev–Trinajstić information content (AvgIpc) is 2.24. The summed E-state index contributed by atoms with van der Waals surface area (Å²) in [6.45, 7) is 11.8. The molecule has 0 aromatic heterocycles. The molecule has 1 heterocycles. The molecule has 0 spiro atoms. The lowest BCUT2D eigenvalue weighted by atomic mass is 9.83. The maximum absolute atomic E-state index is 12.5. The van der Waals surface area contributed by atoms with Gasteiger partial charge in [-0.25, -0.2) is 4.79 Å². The second-order valence-electron chi connectivity index (χ2n) is 7.30. The van der Waals surface area contributed by atoms with Crippen LogP contribution in [0.3, 0.4) is 0 Å². The van der Waals surface area contributed by atoms with Crippen LogP contribution in [-0.2, 0) is 9.53 Å². The highest BCUT2D eigenvalue weighted by atomic mass is 16.6. The number of rotatable bonds is 1. The normalized spacial score (nSPS) is 21.2. The molecule has 1 aliphatic heterocycles. The highest BCUT2D eigenvalue weighted by Gasteiger charge is 2.38. The van der Waals surface area contributed by atoms with E-state index >= 15 is 0 Å². The number of piperidine rings is 1. The van der Waals surface area contributed by atoms with Gasteiger partial charge in [-0.2, -0.15) is 0 Å². The Hall–Kier alpha value is -1.06. The number of hydrogen-bond donors (Lipinski definition) is 0. The van der Waals surface area contributed by atoms with Gasteiger partial charge in [0.25, 0.3) is 0 Å². The molecule has 1 amide bonds. The monoisotopic (exact) mass is 269 g/mol. The van der Waals surface area contributed by atoms with Crippen LogP contribution < -0.4 is 0 Å². The van der Waals surface area contributed by atoms with Crippen LogP contribution in [0.1, 0.15) is 60.8 Å². The summed E-state index contributed by atoms with van der Waals surface area (Å²) in [4.78, 5) is 26.3. The van der Waals surface area contributed by atoms with E-state index in [0.29, 0.717) is 6.54 Å². The third-order valence-electron chi connectivity index (χ3n) is 3.17. The SMILES string of the molecule is CC(C)(C)OC(=O)N1CCCCC1C(=O)C(C)(C)C. The summed E-state index contributed by atoms with van der Waals surface area (Å²) in [6.07, 6.45) is 2.31. The topological polar surface area (TPSA) is 46.6 Å². The number of amides is 1. The lowest BCUT2D eigenvalue weighted by Gasteiger charge is -2.38. The van der Waals surface area contributed by atoms with Crippen LogP contribution in [0, 0.1) is 5.41 Å². The molecule has 0 aromatic carbocycles. The van der Waals surface area contributed by atoms with E-state index in [0.717, 1.165) is 19.3 Å². The number of Topliss-reactive ketones (excluding diaryl/α,β-unsaturated/α-hetero) is 1. The van der Waals surface area contributed by atoms with Crippen LogP contribution in [0.5, 0.6) is 0 Å². The van der Waals surface area contributed by atoms with Crippen molar-refractivity contribution in [2.24, 2.45) is 5.41 Å². The van der Waals surface area contributed by atoms with Gasteiger partial charge in [0.2, 0.25) is 0 Å². The molecule has 4 nitrogen and oxygen atoms in total. The summed E-state index contributed by atoms with van der Waals surface area (Å²) in [5.41, 5.74) is -0.952. The number of carbonyl (C=O) groups excluding carboxylic acids is 2. The fourth-order valence-electron chi connectivity index (χ4n) is 2.24. The molecule has 0 N–H and O–H groups in total. The molecule has 1 saturated heterocycles. The van der Waals surface area contributed by atoms with Gasteiger partial charge in [0.1, 0.15) is 5.60 Å². The van der Waals surface area contributed by atoms with Crippen molar-refractivity contribution in [2.75, 3.05) is 6.54 Å². The van der Waals surface area contributed by atoms with E-state index in [-0.39, 0.29) is 17.9 Å². The number of nitrogens with zero attached hydrogens (tertiary/aromatic N) is 1. The third kappa shape index (κ3) is 4.51. The van der Waals surface area contributed by atoms with E-state index < -0.39 is 11.0 Å². The maximum atomic E-state index is 12.5. The van der Waals surface area contributed by atoms with Crippen LogP contribution in [0.25, 0.3) is 0 Å². The molecular formula is C15H27NO3. The predicted molar refractivity (Wildman–Crippen MR) is 75.0 cm³/mol. The van der Waals surface area contributed by atoms with E-state index in [1.807, 2.05) is 41.5 Å². The number of hydrogen-bond acceptors (Lipinski definition) is 3. The van der Waals surface area contributed by atoms with E-state index in [2.05, 4.69) is 0 Å². The van der Waals surface area contributed by atoms with Gasteiger partial charge in [0.15, 0.2) is 5.78 Å². The van der Waals surface area contributed by atoms with Crippen LogP contribution in [0.15, 0.2) is 0 Å². The van der Waals surface area contributed by atoms with Crippen LogP contribution in [0.4, 0.5) is 4.79 Å². The van der Waals surface area contributed by atoms with Crippen molar-refractivity contribution in [2.45, 2.75) is 72.4 Å². The third-order valence-corrected chi connectivity index (χ3v) is 3.17. The molecule has 4 heteroatoms. The van der Waals surface area contributed by atoms with E-state index in [4.69, 9.17) is 4.74 Å². The van der Waals surface area contributed by atoms with Gasteiger partial charge < -0.3 is 4.74 Å². The highest BCUT2D eigenvalue weighted by Crippen LogP contribution is 2.27. The van der Waals surface area contributed by atoms with E-state index in [1.165, 1.54) is 0 Å². The molecule has 0 radical (unpaired) electrons. The second-order valence-corrected chi connectivity index (χ2v) is 7.30. The summed E-state index contributed by atoms with van der Waals surface area (Å²) >= 11 is 0. The van der Waals surface area contributed by atoms with Gasteiger partial charge in [0, 0.05) is 12.0 Å². The van der Waals surface area contributed by atoms with Crippen molar-refractivity contribution in [3.63, 3.8) is 0 Å². The fraction of sp³-hybridized carbons (Fsp3) is 0.867. The summed E-state index contributed by atoms with van der Waals surface area (Å²) < 4.78 is 5.41. The van der Waals surface area contributed by atoms with Gasteiger partial charge >= 0.3 is 6.09 Å². The molecule has 0 bridgehead atoms. The Bertz CT molecular complexity index is 349. The van der Waals surface area contributed by atoms with E-state index in [1.54, 1.807) is 4.90 Å². The predicted octanol–water partition coefficient (Wildman–Crippen LogP) is 3.39. The van der Waals surface area contributed by atoms with Crippen LogP contribution >= 0.6 is 0 Å². The Morgan fingerprint density at radius 1 is 1.05 bits per heavy atom. The zero-order valence-electron chi connectivity index (χ0n) is 13.1. The fourth-order valence-corrected chi connectivity index (χ4v) is 2.24. The zero-order valence-corrected chi connectivity index (χ0v) is 13.1. The molecule has 19 heavy (non-hydrogen) atoms. The minimum absolute atomic E-state index is 0.123. The molecule has 1 unspecified atom stereocenters. The lowest BCUT2D eigenvalue weighted by Crippen LogP contribution is -2.52. The Kier molecular flexibility index (Phi) is 4.64. The number of carbonyl (C=O) groups is 2. The first-order valence-electron chi connectivity index (χ1n) is 7.06. The molecule has 0 aliphatic carbocycles. The molecule has 1 aliphatic rings. The van der Waals surface area contributed by atoms with Crippen molar-refractivity contribution < 1.29 is 14.3 Å². The van der Waals surface area contributed by atoms with Crippen LogP contribution in [-0.4, -0.2) is 35.0 Å². The smallest absolute Gasteiger partial charge is 0.410 e. The minimum Gasteiger partial charge on any atom is -0.444 e. The minimum atomic E-state index is -0.524. The number of ketones is 1. The Morgan fingerprint density at radius 3 is 2.11 bits per heavy atom. The van der Waals surface area contributed by atoms with Gasteiger partial charge in [-0.3, -0.25) is 9.69 Å². The van der Waals surface area contributed by atoms with Crippen LogP contribution in [0.2, 0.25) is 0 Å².